The summed E-state index contributed by atoms with van der Waals surface area (Å²) in [6.45, 7) is 4.71. The van der Waals surface area contributed by atoms with Crippen LogP contribution in [0.1, 0.15) is 56.0 Å². The highest BCUT2D eigenvalue weighted by molar-refractivity contribution is 6.32. The fourth-order valence-electron chi connectivity index (χ4n) is 4.06. The van der Waals surface area contributed by atoms with Crippen LogP contribution in [0.4, 0.5) is 32.0 Å². The van der Waals surface area contributed by atoms with Crippen molar-refractivity contribution < 1.29 is 35.9 Å². The molecule has 4 aromatic rings. The summed E-state index contributed by atoms with van der Waals surface area (Å²) in [6, 6.07) is 7.35. The van der Waals surface area contributed by atoms with Gasteiger partial charge in [-0.05, 0) is 56.2 Å². The van der Waals surface area contributed by atoms with Gasteiger partial charge in [-0.1, -0.05) is 17.7 Å². The minimum atomic E-state index is -5.43. The molecule has 0 atom stereocenters. The Hall–Kier alpha value is -4.47. The van der Waals surface area contributed by atoms with Gasteiger partial charge in [0, 0.05) is 12.7 Å². The number of alkyl halides is 6. The minimum absolute atomic E-state index is 0.0339. The smallest absolute Gasteiger partial charge is 0.352 e. The Morgan fingerprint density at radius 1 is 0.952 bits per heavy atom. The van der Waals surface area contributed by atoms with Crippen LogP contribution in [0.3, 0.4) is 0 Å². The molecule has 0 aliphatic carbocycles. The van der Waals surface area contributed by atoms with Crippen LogP contribution in [0.25, 0.3) is 5.82 Å². The van der Waals surface area contributed by atoms with E-state index in [2.05, 4.69) is 30.9 Å². The van der Waals surface area contributed by atoms with Gasteiger partial charge in [0.25, 0.3) is 11.8 Å². The van der Waals surface area contributed by atoms with Gasteiger partial charge in [0.15, 0.2) is 17.2 Å². The molecule has 222 valence electrons. The normalized spacial score (nSPS) is 12.0. The first-order valence-corrected chi connectivity index (χ1v) is 12.5. The van der Waals surface area contributed by atoms with Gasteiger partial charge in [-0.2, -0.15) is 36.2 Å². The van der Waals surface area contributed by atoms with Crippen molar-refractivity contribution in [2.24, 2.45) is 0 Å². The number of nitrogens with one attached hydrogen (secondary N) is 2. The zero-order chi connectivity index (χ0) is 31.0. The number of nitrogens with zero attached hydrogens (tertiary/aromatic N) is 6. The molecule has 0 radical (unpaired) electrons. The average Bonchev–Trinajstić information content (AvgIpc) is 3.51. The van der Waals surface area contributed by atoms with E-state index in [-0.39, 0.29) is 38.3 Å². The number of rotatable bonds is 7. The lowest BCUT2D eigenvalue weighted by Crippen LogP contribution is -2.26. The van der Waals surface area contributed by atoms with Crippen LogP contribution in [0.15, 0.2) is 36.5 Å². The van der Waals surface area contributed by atoms with Gasteiger partial charge in [0.1, 0.15) is 12.2 Å². The summed E-state index contributed by atoms with van der Waals surface area (Å²) >= 11 is 6.25. The van der Waals surface area contributed by atoms with Crippen LogP contribution in [0.2, 0.25) is 5.02 Å². The summed E-state index contributed by atoms with van der Waals surface area (Å²) < 4.78 is 80.4. The second kappa shape index (κ2) is 11.4. The molecule has 0 spiro atoms. The third-order valence-electron chi connectivity index (χ3n) is 5.73. The van der Waals surface area contributed by atoms with E-state index >= 15 is 0 Å². The van der Waals surface area contributed by atoms with E-state index in [1.807, 2.05) is 0 Å². The van der Waals surface area contributed by atoms with Crippen molar-refractivity contribution in [1.82, 2.24) is 35.1 Å². The molecule has 0 unspecified atom stereocenters. The summed E-state index contributed by atoms with van der Waals surface area (Å²) in [5, 5.41) is 15.5. The first kappa shape index (κ1) is 30.5. The number of benzene rings is 1. The zero-order valence-electron chi connectivity index (χ0n) is 22.0. The molecule has 3 heterocycles. The predicted molar refractivity (Wildman–Crippen MR) is 137 cm³/mol. The molecule has 2 amide bonds. The molecule has 4 rings (SSSR count). The van der Waals surface area contributed by atoms with E-state index in [1.54, 1.807) is 32.9 Å². The number of aromatic nitrogens is 6. The molecule has 0 saturated heterocycles. The van der Waals surface area contributed by atoms with Gasteiger partial charge in [0.2, 0.25) is 0 Å². The molecule has 0 saturated carbocycles. The van der Waals surface area contributed by atoms with Crippen LogP contribution >= 0.6 is 11.6 Å². The predicted octanol–water partition coefficient (Wildman–Crippen LogP) is 5.22. The SMILES string of the molecule is CCNC(=O)c1cc(C)cc(C)c1NC(=O)c1cc(Cn2nc(C(F)(F)F)c(C(F)(F)F)n2)nn1-c1ncccc1Cl. The minimum Gasteiger partial charge on any atom is -0.352 e. The maximum atomic E-state index is 13.6. The number of aryl methyl sites for hydroxylation is 2. The Balaban J connectivity index is 1.79. The van der Waals surface area contributed by atoms with E-state index in [1.165, 1.54) is 18.3 Å². The third-order valence-corrected chi connectivity index (χ3v) is 6.02. The zero-order valence-corrected chi connectivity index (χ0v) is 22.8. The quantitative estimate of drug-likeness (QED) is 0.276. The van der Waals surface area contributed by atoms with Crippen molar-refractivity contribution in [1.29, 1.82) is 0 Å². The van der Waals surface area contributed by atoms with Crippen LogP contribution in [0, 0.1) is 13.8 Å². The molecule has 0 aliphatic rings. The van der Waals surface area contributed by atoms with Crippen molar-refractivity contribution in [2.45, 2.75) is 39.7 Å². The highest BCUT2D eigenvalue weighted by Crippen LogP contribution is 2.38. The third kappa shape index (κ3) is 6.37. The summed E-state index contributed by atoms with van der Waals surface area (Å²) in [7, 11) is 0. The molecule has 2 N–H and O–H groups in total. The number of hydrogen-bond donors (Lipinski definition) is 2. The van der Waals surface area contributed by atoms with Crippen LogP contribution in [-0.2, 0) is 18.9 Å². The van der Waals surface area contributed by atoms with Gasteiger partial charge in [-0.25, -0.2) is 9.67 Å². The molecule has 1 aromatic carbocycles. The van der Waals surface area contributed by atoms with E-state index in [0.717, 1.165) is 16.3 Å². The number of pyridine rings is 1. The molecule has 0 aliphatic heterocycles. The van der Waals surface area contributed by atoms with Crippen molar-refractivity contribution in [2.75, 3.05) is 11.9 Å². The van der Waals surface area contributed by atoms with Crippen LogP contribution < -0.4 is 10.6 Å². The molecular formula is C25H21ClF6N8O2. The van der Waals surface area contributed by atoms with E-state index < -0.39 is 42.1 Å². The van der Waals surface area contributed by atoms with Crippen LogP contribution in [0.5, 0.6) is 0 Å². The maximum absolute atomic E-state index is 13.6. The highest BCUT2D eigenvalue weighted by atomic mass is 35.5. The summed E-state index contributed by atoms with van der Waals surface area (Å²) in [4.78, 5) is 30.5. The molecule has 0 bridgehead atoms. The molecule has 10 nitrogen and oxygen atoms in total. The fourth-order valence-corrected chi connectivity index (χ4v) is 4.26. The second-order valence-corrected chi connectivity index (χ2v) is 9.39. The molecule has 17 heteroatoms. The molecule has 42 heavy (non-hydrogen) atoms. The molecule has 3 aromatic heterocycles. The number of hydrogen-bond acceptors (Lipinski definition) is 6. The summed E-state index contributed by atoms with van der Waals surface area (Å²) in [6.07, 6.45) is -9.52. The van der Waals surface area contributed by atoms with Gasteiger partial charge in [0.05, 0.1) is 22.0 Å². The van der Waals surface area contributed by atoms with Gasteiger partial charge in [-0.15, -0.1) is 10.2 Å². The number of carbonyl (C=O) groups excluding carboxylic acids is 2. The average molecular weight is 615 g/mol. The maximum Gasteiger partial charge on any atom is 0.437 e. The van der Waals surface area contributed by atoms with Crippen molar-refractivity contribution in [3.05, 3.63) is 81.0 Å². The van der Waals surface area contributed by atoms with E-state index in [4.69, 9.17) is 11.6 Å². The summed E-state index contributed by atoms with van der Waals surface area (Å²) in [5.74, 6) is -1.33. The van der Waals surface area contributed by atoms with E-state index in [0.29, 0.717) is 12.1 Å². The largest absolute Gasteiger partial charge is 0.437 e. The van der Waals surface area contributed by atoms with Gasteiger partial charge < -0.3 is 10.6 Å². The Morgan fingerprint density at radius 3 is 2.17 bits per heavy atom. The summed E-state index contributed by atoms with van der Waals surface area (Å²) in [5.41, 5.74) is -3.22. The first-order valence-electron chi connectivity index (χ1n) is 12.1. The van der Waals surface area contributed by atoms with Gasteiger partial charge >= 0.3 is 12.4 Å². The number of anilines is 1. The number of halogens is 7. The lowest BCUT2D eigenvalue weighted by molar-refractivity contribution is -0.165. The monoisotopic (exact) mass is 614 g/mol. The van der Waals surface area contributed by atoms with Crippen molar-refractivity contribution in [3.8, 4) is 5.82 Å². The molecule has 0 fully saturated rings. The second-order valence-electron chi connectivity index (χ2n) is 8.98. The van der Waals surface area contributed by atoms with Crippen molar-refractivity contribution >= 4 is 29.1 Å². The number of amides is 2. The Kier molecular flexibility index (Phi) is 8.29. The Morgan fingerprint density at radius 2 is 1.60 bits per heavy atom. The topological polar surface area (TPSA) is 120 Å². The highest BCUT2D eigenvalue weighted by Gasteiger charge is 2.48. The number of carbonyl (C=O) groups is 2. The van der Waals surface area contributed by atoms with Gasteiger partial charge in [-0.3, -0.25) is 9.59 Å². The first-order chi connectivity index (χ1) is 19.6. The standard InChI is InChI=1S/C25H21ClF6N8O2/c1-4-33-22(41)15-9-12(2)8-13(3)18(15)35-23(42)17-10-14(36-40(17)21-16(26)6-5-7-34-21)11-39-37-19(24(27,28)29)20(38-39)25(30,31)32/h5-10H,4,11H2,1-3H3,(H,33,41)(H,35,42). The lowest BCUT2D eigenvalue weighted by Gasteiger charge is -2.15. The molecular weight excluding hydrogens is 594 g/mol. The van der Waals surface area contributed by atoms with E-state index in [9.17, 15) is 35.9 Å². The Labute approximate surface area is 238 Å². The van der Waals surface area contributed by atoms with Crippen molar-refractivity contribution in [3.63, 3.8) is 0 Å². The van der Waals surface area contributed by atoms with Crippen LogP contribution in [-0.4, -0.2) is 48.1 Å². The Bertz CT molecular complexity index is 1630. The fraction of sp³-hybridized carbons (Fsp3) is 0.280. The lowest BCUT2D eigenvalue weighted by atomic mass is 10.0.